The van der Waals surface area contributed by atoms with Gasteiger partial charge in [-0.2, -0.15) is 0 Å². The predicted octanol–water partition coefficient (Wildman–Crippen LogP) is 2.51. The van der Waals surface area contributed by atoms with Crippen molar-refractivity contribution in [3.05, 3.63) is 35.3 Å². The van der Waals surface area contributed by atoms with Gasteiger partial charge in [0, 0.05) is 18.6 Å². The highest BCUT2D eigenvalue weighted by molar-refractivity contribution is 6.05. The maximum absolute atomic E-state index is 13.8. The average Bonchev–Trinajstić information content (AvgIpc) is 2.36. The molecule has 94 valence electrons. The summed E-state index contributed by atoms with van der Waals surface area (Å²) in [5.74, 6) is -0.909. The molecule has 0 unspecified atom stereocenters. The first-order valence-electron chi connectivity index (χ1n) is 5.43. The van der Waals surface area contributed by atoms with E-state index in [9.17, 15) is 9.18 Å². The average molecular weight is 248 g/mol. The molecule has 0 atom stereocenters. The maximum Gasteiger partial charge on any atom is 0.341 e. The zero-order valence-corrected chi connectivity index (χ0v) is 10.4. The molecule has 0 aliphatic carbocycles. The first kappa shape index (κ1) is 12.3. The van der Waals surface area contributed by atoms with E-state index in [1.165, 1.54) is 19.4 Å². The topological polar surface area (TPSA) is 51.2 Å². The van der Waals surface area contributed by atoms with E-state index in [1.807, 2.05) is 0 Å². The molecule has 5 heteroatoms. The molecule has 0 aliphatic heterocycles. The van der Waals surface area contributed by atoms with Gasteiger partial charge in [0.15, 0.2) is 0 Å². The van der Waals surface area contributed by atoms with Gasteiger partial charge in [0.25, 0.3) is 0 Å². The van der Waals surface area contributed by atoms with Gasteiger partial charge in [0.1, 0.15) is 16.9 Å². The van der Waals surface area contributed by atoms with E-state index >= 15 is 0 Å². The highest BCUT2D eigenvalue weighted by Gasteiger charge is 2.16. The number of aromatic nitrogens is 1. The second-order valence-corrected chi connectivity index (χ2v) is 3.93. The maximum atomic E-state index is 13.8. The third-order valence-electron chi connectivity index (χ3n) is 2.72. The van der Waals surface area contributed by atoms with Crippen LogP contribution in [-0.2, 0) is 4.74 Å². The van der Waals surface area contributed by atoms with E-state index in [2.05, 4.69) is 15.0 Å². The fraction of sp³-hybridized carbons (Fsp3) is 0.231. The number of ether oxygens (including phenoxy) is 1. The number of carbonyl (C=O) groups is 1. The first-order valence-corrected chi connectivity index (χ1v) is 5.43. The summed E-state index contributed by atoms with van der Waals surface area (Å²) in [4.78, 5) is 15.6. The van der Waals surface area contributed by atoms with E-state index in [-0.39, 0.29) is 11.1 Å². The number of nitrogens with one attached hydrogen (secondary N) is 1. The van der Waals surface area contributed by atoms with Crippen LogP contribution in [0.15, 0.2) is 18.3 Å². The van der Waals surface area contributed by atoms with Crippen LogP contribution in [0.5, 0.6) is 0 Å². The van der Waals surface area contributed by atoms with Gasteiger partial charge in [-0.15, -0.1) is 0 Å². The largest absolute Gasteiger partial charge is 0.465 e. The van der Waals surface area contributed by atoms with Crippen molar-refractivity contribution in [1.29, 1.82) is 0 Å². The van der Waals surface area contributed by atoms with Gasteiger partial charge in [-0.3, -0.25) is 4.98 Å². The molecular weight excluding hydrogens is 235 g/mol. The van der Waals surface area contributed by atoms with E-state index < -0.39 is 11.8 Å². The number of nitrogens with zero attached hydrogens (tertiary/aromatic N) is 1. The lowest BCUT2D eigenvalue weighted by atomic mass is 10.1. The number of hydrogen-bond acceptors (Lipinski definition) is 4. The van der Waals surface area contributed by atoms with Crippen LogP contribution < -0.4 is 5.32 Å². The monoisotopic (exact) mass is 248 g/mol. The third kappa shape index (κ3) is 1.88. The number of benzene rings is 1. The van der Waals surface area contributed by atoms with E-state index in [1.54, 1.807) is 20.0 Å². The van der Waals surface area contributed by atoms with Crippen molar-refractivity contribution in [3.8, 4) is 0 Å². The number of carbonyl (C=O) groups excluding carboxylic acids is 1. The summed E-state index contributed by atoms with van der Waals surface area (Å²) in [5, 5.41) is 3.47. The van der Waals surface area contributed by atoms with Gasteiger partial charge < -0.3 is 10.1 Å². The number of aryl methyl sites for hydroxylation is 1. The van der Waals surface area contributed by atoms with Gasteiger partial charge >= 0.3 is 5.97 Å². The summed E-state index contributed by atoms with van der Waals surface area (Å²) < 4.78 is 18.4. The number of pyridine rings is 1. The van der Waals surface area contributed by atoms with Crippen molar-refractivity contribution in [3.63, 3.8) is 0 Å². The fourth-order valence-electron chi connectivity index (χ4n) is 1.93. The fourth-order valence-corrected chi connectivity index (χ4v) is 1.93. The summed E-state index contributed by atoms with van der Waals surface area (Å²) in [5.41, 5.74) is 1.81. The number of halogens is 1. The molecule has 0 amide bonds. The summed E-state index contributed by atoms with van der Waals surface area (Å²) in [6.07, 6.45) is 1.32. The van der Waals surface area contributed by atoms with Crippen LogP contribution in [0.1, 0.15) is 15.9 Å². The molecule has 2 aromatic rings. The Morgan fingerprint density at radius 1 is 1.44 bits per heavy atom. The highest BCUT2D eigenvalue weighted by Crippen LogP contribution is 2.28. The van der Waals surface area contributed by atoms with Gasteiger partial charge in [-0.1, -0.05) is 0 Å². The molecule has 0 radical (unpaired) electrons. The van der Waals surface area contributed by atoms with Crippen LogP contribution >= 0.6 is 0 Å². The number of anilines is 1. The van der Waals surface area contributed by atoms with Crippen LogP contribution in [0.25, 0.3) is 10.9 Å². The zero-order valence-electron chi connectivity index (χ0n) is 10.4. The Bertz CT molecular complexity index is 626. The molecule has 2 rings (SSSR count). The lowest BCUT2D eigenvalue weighted by Gasteiger charge is -2.11. The van der Waals surface area contributed by atoms with Crippen molar-refractivity contribution in [2.75, 3.05) is 19.5 Å². The summed E-state index contributed by atoms with van der Waals surface area (Å²) in [6.45, 7) is 1.78. The summed E-state index contributed by atoms with van der Waals surface area (Å²) in [7, 11) is 2.96. The minimum atomic E-state index is -0.504. The normalized spacial score (nSPS) is 10.4. The van der Waals surface area contributed by atoms with Gasteiger partial charge in [0.05, 0.1) is 12.8 Å². The van der Waals surface area contributed by atoms with Gasteiger partial charge in [-0.25, -0.2) is 9.18 Å². The van der Waals surface area contributed by atoms with Crippen LogP contribution in [0, 0.1) is 12.7 Å². The van der Waals surface area contributed by atoms with Crippen molar-refractivity contribution in [2.24, 2.45) is 0 Å². The number of fused-ring (bicyclic) bond motifs is 1. The van der Waals surface area contributed by atoms with E-state index in [0.717, 1.165) is 5.56 Å². The molecular formula is C13H13FN2O2. The van der Waals surface area contributed by atoms with Crippen molar-refractivity contribution >= 4 is 22.6 Å². The summed E-state index contributed by atoms with van der Waals surface area (Å²) in [6, 6.07) is 3.19. The van der Waals surface area contributed by atoms with Crippen molar-refractivity contribution in [2.45, 2.75) is 6.92 Å². The predicted molar refractivity (Wildman–Crippen MR) is 67.3 cm³/mol. The van der Waals surface area contributed by atoms with Crippen molar-refractivity contribution in [1.82, 2.24) is 4.98 Å². The standard InChI is InChI=1S/C13H13FN2O2/c1-7-4-8-11(15-2)9(13(17)18-3)6-16-12(8)10(14)5-7/h4-6H,1-3H3,(H,15,16). The Balaban J connectivity index is 2.82. The Kier molecular flexibility index (Phi) is 3.14. The highest BCUT2D eigenvalue weighted by atomic mass is 19.1. The molecule has 1 aromatic carbocycles. The molecule has 0 spiro atoms. The minimum Gasteiger partial charge on any atom is -0.465 e. The molecule has 0 fully saturated rings. The van der Waals surface area contributed by atoms with Crippen LogP contribution in [0.2, 0.25) is 0 Å². The molecule has 1 aromatic heterocycles. The second kappa shape index (κ2) is 4.60. The number of rotatable bonds is 2. The quantitative estimate of drug-likeness (QED) is 0.830. The van der Waals surface area contributed by atoms with Gasteiger partial charge in [-0.05, 0) is 24.6 Å². The van der Waals surface area contributed by atoms with Crippen LogP contribution in [0.3, 0.4) is 0 Å². The number of hydrogen-bond donors (Lipinski definition) is 1. The zero-order chi connectivity index (χ0) is 13.3. The molecule has 0 bridgehead atoms. The number of methoxy groups -OCH3 is 1. The molecule has 1 heterocycles. The van der Waals surface area contributed by atoms with Crippen LogP contribution in [0.4, 0.5) is 10.1 Å². The Labute approximate surface area is 104 Å². The SMILES string of the molecule is CNc1c(C(=O)OC)cnc2c(F)cc(C)cc12. The van der Waals surface area contributed by atoms with Gasteiger partial charge in [0.2, 0.25) is 0 Å². The minimum absolute atomic E-state index is 0.234. The second-order valence-electron chi connectivity index (χ2n) is 3.93. The Morgan fingerprint density at radius 3 is 2.78 bits per heavy atom. The summed E-state index contributed by atoms with van der Waals surface area (Å²) >= 11 is 0. The third-order valence-corrected chi connectivity index (χ3v) is 2.72. The molecule has 0 saturated heterocycles. The molecule has 4 nitrogen and oxygen atoms in total. The molecule has 0 aliphatic rings. The Morgan fingerprint density at radius 2 is 2.17 bits per heavy atom. The number of esters is 1. The molecule has 18 heavy (non-hydrogen) atoms. The van der Waals surface area contributed by atoms with Crippen LogP contribution in [-0.4, -0.2) is 25.1 Å². The Hall–Kier alpha value is -2.17. The lowest BCUT2D eigenvalue weighted by Crippen LogP contribution is -2.07. The lowest BCUT2D eigenvalue weighted by molar-refractivity contribution is 0.0601. The van der Waals surface area contributed by atoms with E-state index in [0.29, 0.717) is 11.1 Å². The molecule has 1 N–H and O–H groups in total. The molecule has 0 saturated carbocycles. The van der Waals surface area contributed by atoms with Crippen molar-refractivity contribution < 1.29 is 13.9 Å². The smallest absolute Gasteiger partial charge is 0.341 e. The first-order chi connectivity index (χ1) is 8.58. The van der Waals surface area contributed by atoms with E-state index in [4.69, 9.17) is 0 Å².